The maximum Gasteiger partial charge on any atom is 0.264 e. The molecule has 214 valence electrons. The van der Waals surface area contributed by atoms with Crippen LogP contribution in [0.2, 0.25) is 5.02 Å². The summed E-state index contributed by atoms with van der Waals surface area (Å²) in [7, 11) is -4.15. The van der Waals surface area contributed by atoms with Crippen LogP contribution in [0.5, 0.6) is 0 Å². The first-order valence-corrected chi connectivity index (χ1v) is 15.3. The van der Waals surface area contributed by atoms with Gasteiger partial charge in [-0.3, -0.25) is 13.9 Å². The minimum Gasteiger partial charge on any atom is -0.352 e. The van der Waals surface area contributed by atoms with Crippen LogP contribution in [-0.4, -0.2) is 43.8 Å². The predicted octanol–water partition coefficient (Wildman–Crippen LogP) is 5.87. The highest BCUT2D eigenvalue weighted by Gasteiger charge is 2.34. The number of anilines is 1. The first kappa shape index (κ1) is 31.2. The molecule has 2 atom stereocenters. The smallest absolute Gasteiger partial charge is 0.264 e. The lowest BCUT2D eigenvalue weighted by Gasteiger charge is -2.33. The van der Waals surface area contributed by atoms with Crippen molar-refractivity contribution >= 4 is 39.1 Å². The molecule has 7 nitrogen and oxygen atoms in total. The molecule has 3 aromatic carbocycles. The minimum absolute atomic E-state index is 0.0544. The maximum atomic E-state index is 14.1. The molecule has 2 unspecified atom stereocenters. The van der Waals surface area contributed by atoms with Gasteiger partial charge in [-0.25, -0.2) is 8.42 Å². The molecule has 3 aromatic rings. The van der Waals surface area contributed by atoms with Crippen LogP contribution in [0.4, 0.5) is 5.69 Å². The molecule has 0 aliphatic rings. The topological polar surface area (TPSA) is 86.8 Å². The third kappa shape index (κ3) is 7.64. The highest BCUT2D eigenvalue weighted by Crippen LogP contribution is 2.29. The van der Waals surface area contributed by atoms with Crippen LogP contribution in [0.3, 0.4) is 0 Å². The number of carbonyl (C=O) groups is 2. The van der Waals surface area contributed by atoms with Gasteiger partial charge in [-0.2, -0.15) is 0 Å². The van der Waals surface area contributed by atoms with Crippen LogP contribution in [0, 0.1) is 13.8 Å². The van der Waals surface area contributed by atoms with E-state index in [0.717, 1.165) is 27.4 Å². The van der Waals surface area contributed by atoms with Crippen molar-refractivity contribution in [3.05, 3.63) is 94.5 Å². The zero-order valence-corrected chi connectivity index (χ0v) is 25.3. The van der Waals surface area contributed by atoms with Crippen molar-refractivity contribution in [2.24, 2.45) is 0 Å². The van der Waals surface area contributed by atoms with E-state index in [0.29, 0.717) is 11.4 Å². The Balaban J connectivity index is 2.07. The van der Waals surface area contributed by atoms with Gasteiger partial charge in [0.2, 0.25) is 11.8 Å². The van der Waals surface area contributed by atoms with Crippen molar-refractivity contribution in [2.45, 2.75) is 71.0 Å². The largest absolute Gasteiger partial charge is 0.352 e. The first-order chi connectivity index (χ1) is 19.0. The van der Waals surface area contributed by atoms with E-state index in [1.165, 1.54) is 17.0 Å². The summed E-state index contributed by atoms with van der Waals surface area (Å²) in [5.41, 5.74) is 2.79. The zero-order chi connectivity index (χ0) is 29.4. The average Bonchev–Trinajstić information content (AvgIpc) is 2.93. The standard InChI is InChI=1S/C31H38ClN3O4S/c1-6-24(5)33-31(37)29(7-2)34(20-25-11-9-8-10-12-25)30(36)21-35(26-16-15-23(4)28(32)19-26)40(38,39)27-17-13-22(3)14-18-27/h8-19,24,29H,6-7,20-21H2,1-5H3,(H,33,37). The fourth-order valence-electron chi connectivity index (χ4n) is 4.24. The number of benzene rings is 3. The van der Waals surface area contributed by atoms with E-state index < -0.39 is 28.5 Å². The number of carbonyl (C=O) groups excluding carboxylic acids is 2. The molecule has 3 rings (SSSR count). The maximum absolute atomic E-state index is 14.1. The molecule has 0 bridgehead atoms. The highest BCUT2D eigenvalue weighted by atomic mass is 35.5. The van der Waals surface area contributed by atoms with E-state index in [2.05, 4.69) is 5.32 Å². The first-order valence-electron chi connectivity index (χ1n) is 13.5. The Kier molecular flexibility index (Phi) is 10.8. The molecule has 0 heterocycles. The van der Waals surface area contributed by atoms with Gasteiger partial charge in [0.25, 0.3) is 10.0 Å². The molecule has 2 amide bonds. The molecule has 0 spiro atoms. The fourth-order valence-corrected chi connectivity index (χ4v) is 5.82. The lowest BCUT2D eigenvalue weighted by Crippen LogP contribution is -2.53. The van der Waals surface area contributed by atoms with E-state index in [-0.39, 0.29) is 29.1 Å². The van der Waals surface area contributed by atoms with Crippen molar-refractivity contribution < 1.29 is 18.0 Å². The molecule has 0 aromatic heterocycles. The van der Waals surface area contributed by atoms with Crippen LogP contribution < -0.4 is 9.62 Å². The fraction of sp³-hybridized carbons (Fsp3) is 0.355. The number of nitrogens with one attached hydrogen (secondary N) is 1. The van der Waals surface area contributed by atoms with Crippen molar-refractivity contribution in [1.82, 2.24) is 10.2 Å². The summed E-state index contributed by atoms with van der Waals surface area (Å²) in [5, 5.41) is 3.36. The van der Waals surface area contributed by atoms with E-state index in [1.54, 1.807) is 30.3 Å². The molecule has 40 heavy (non-hydrogen) atoms. The second-order valence-electron chi connectivity index (χ2n) is 10.0. The van der Waals surface area contributed by atoms with Gasteiger partial charge < -0.3 is 10.2 Å². The Bertz CT molecular complexity index is 1410. The normalized spacial score (nSPS) is 12.8. The summed E-state index contributed by atoms with van der Waals surface area (Å²) >= 11 is 6.39. The quantitative estimate of drug-likeness (QED) is 0.289. The molecule has 0 aliphatic carbocycles. The van der Waals surface area contributed by atoms with Crippen molar-refractivity contribution in [1.29, 1.82) is 0 Å². The molecular formula is C31H38ClN3O4S. The van der Waals surface area contributed by atoms with Gasteiger partial charge in [-0.15, -0.1) is 0 Å². The molecule has 0 radical (unpaired) electrons. The third-order valence-corrected chi connectivity index (χ3v) is 9.11. The van der Waals surface area contributed by atoms with E-state index in [9.17, 15) is 18.0 Å². The molecule has 1 N–H and O–H groups in total. The lowest BCUT2D eigenvalue weighted by molar-refractivity contribution is -0.140. The van der Waals surface area contributed by atoms with Crippen LogP contribution in [0.25, 0.3) is 0 Å². The summed E-state index contributed by atoms with van der Waals surface area (Å²) in [4.78, 5) is 28.9. The lowest BCUT2D eigenvalue weighted by atomic mass is 10.1. The highest BCUT2D eigenvalue weighted by molar-refractivity contribution is 7.92. The average molecular weight is 584 g/mol. The van der Waals surface area contributed by atoms with Gasteiger partial charge in [-0.1, -0.05) is 79.5 Å². The van der Waals surface area contributed by atoms with Gasteiger partial charge >= 0.3 is 0 Å². The Morgan fingerprint density at radius 2 is 1.57 bits per heavy atom. The predicted molar refractivity (Wildman–Crippen MR) is 161 cm³/mol. The Labute approximate surface area is 243 Å². The Morgan fingerprint density at radius 1 is 0.925 bits per heavy atom. The summed E-state index contributed by atoms with van der Waals surface area (Å²) in [6.45, 7) is 9.05. The van der Waals surface area contributed by atoms with Gasteiger partial charge in [0.1, 0.15) is 12.6 Å². The van der Waals surface area contributed by atoms with Gasteiger partial charge in [0.15, 0.2) is 0 Å². The van der Waals surface area contributed by atoms with Gasteiger partial charge in [0.05, 0.1) is 10.6 Å². The van der Waals surface area contributed by atoms with Gasteiger partial charge in [0, 0.05) is 17.6 Å². The van der Waals surface area contributed by atoms with Crippen LogP contribution in [-0.2, 0) is 26.2 Å². The summed E-state index contributed by atoms with van der Waals surface area (Å²) in [5.74, 6) is -0.769. The number of sulfonamides is 1. The number of rotatable bonds is 12. The Morgan fingerprint density at radius 3 is 2.15 bits per heavy atom. The monoisotopic (exact) mass is 583 g/mol. The van der Waals surface area contributed by atoms with E-state index >= 15 is 0 Å². The Hall–Kier alpha value is -3.36. The molecular weight excluding hydrogens is 546 g/mol. The minimum atomic E-state index is -4.15. The number of aryl methyl sites for hydroxylation is 2. The van der Waals surface area contributed by atoms with E-state index in [4.69, 9.17) is 11.6 Å². The molecule has 0 saturated heterocycles. The number of hydrogen-bond acceptors (Lipinski definition) is 4. The number of nitrogens with zero attached hydrogens (tertiary/aromatic N) is 2. The second kappa shape index (κ2) is 13.8. The number of amides is 2. The van der Waals surface area contributed by atoms with Gasteiger partial charge in [-0.05, 0) is 69.0 Å². The van der Waals surface area contributed by atoms with E-state index in [1.807, 2.05) is 65.0 Å². The molecule has 9 heteroatoms. The summed E-state index contributed by atoms with van der Waals surface area (Å²) < 4.78 is 29.0. The SMILES string of the molecule is CCC(C)NC(=O)C(CC)N(Cc1ccccc1)C(=O)CN(c1ccc(C)c(Cl)c1)S(=O)(=O)c1ccc(C)cc1. The second-order valence-corrected chi connectivity index (χ2v) is 12.3. The summed E-state index contributed by atoms with van der Waals surface area (Å²) in [6.07, 6.45) is 1.10. The van der Waals surface area contributed by atoms with Crippen LogP contribution in [0.1, 0.15) is 50.3 Å². The molecule has 0 saturated carbocycles. The summed E-state index contributed by atoms with van der Waals surface area (Å²) in [6, 6.07) is 19.9. The zero-order valence-electron chi connectivity index (χ0n) is 23.7. The van der Waals surface area contributed by atoms with Crippen molar-refractivity contribution in [3.63, 3.8) is 0 Å². The van der Waals surface area contributed by atoms with Crippen LogP contribution in [0.15, 0.2) is 77.7 Å². The van der Waals surface area contributed by atoms with Crippen LogP contribution >= 0.6 is 11.6 Å². The van der Waals surface area contributed by atoms with Crippen molar-refractivity contribution in [2.75, 3.05) is 10.8 Å². The molecule has 0 aliphatic heterocycles. The third-order valence-electron chi connectivity index (χ3n) is 6.91. The number of halogens is 1. The number of hydrogen-bond donors (Lipinski definition) is 1. The molecule has 0 fully saturated rings. The van der Waals surface area contributed by atoms with Crippen molar-refractivity contribution in [3.8, 4) is 0 Å².